The van der Waals surface area contributed by atoms with E-state index in [1.54, 1.807) is 0 Å². The number of aryl methyl sites for hydroxylation is 4. The Morgan fingerprint density at radius 2 is 1.83 bits per heavy atom. The van der Waals surface area contributed by atoms with Gasteiger partial charge in [-0.3, -0.25) is 4.79 Å². The first-order valence-corrected chi connectivity index (χ1v) is 9.74. The van der Waals surface area contributed by atoms with E-state index in [-0.39, 0.29) is 12.5 Å². The molecule has 148 valence electrons. The van der Waals surface area contributed by atoms with Crippen molar-refractivity contribution in [1.29, 1.82) is 0 Å². The van der Waals surface area contributed by atoms with E-state index < -0.39 is 0 Å². The Labute approximate surface area is 169 Å². The van der Waals surface area contributed by atoms with Crippen LogP contribution in [0.5, 0.6) is 0 Å². The normalized spacial score (nSPS) is 11.2. The molecular weight excluding hydrogens is 364 g/mol. The molecule has 4 aromatic rings. The van der Waals surface area contributed by atoms with Gasteiger partial charge >= 0.3 is 0 Å². The maximum atomic E-state index is 12.8. The van der Waals surface area contributed by atoms with Crippen LogP contribution in [0.4, 0.5) is 5.69 Å². The number of para-hydroxylation sites is 1. The number of rotatable bonds is 5. The van der Waals surface area contributed by atoms with Gasteiger partial charge in [0.05, 0.1) is 5.56 Å². The van der Waals surface area contributed by atoms with Gasteiger partial charge in [0.25, 0.3) is 0 Å². The first kappa shape index (κ1) is 18.9. The molecule has 4 rings (SSSR count). The fraction of sp³-hybridized carbons (Fsp3) is 0.261. The molecule has 2 heterocycles. The van der Waals surface area contributed by atoms with Crippen molar-refractivity contribution < 1.29 is 9.21 Å². The Morgan fingerprint density at radius 3 is 2.52 bits per heavy atom. The Balaban J connectivity index is 1.65. The number of fused-ring (bicyclic) bond motifs is 1. The molecule has 0 atom stereocenters. The molecule has 2 aromatic heterocycles. The second-order valence-electron chi connectivity index (χ2n) is 7.36. The molecule has 6 nitrogen and oxygen atoms in total. The average Bonchev–Trinajstić information content (AvgIpc) is 3.30. The second-order valence-corrected chi connectivity index (χ2v) is 7.36. The molecule has 0 radical (unpaired) electrons. The monoisotopic (exact) mass is 388 g/mol. The van der Waals surface area contributed by atoms with Crippen molar-refractivity contribution in [3.8, 4) is 11.5 Å². The molecule has 29 heavy (non-hydrogen) atoms. The largest absolute Gasteiger partial charge is 0.421 e. The molecule has 0 aliphatic carbocycles. The highest BCUT2D eigenvalue weighted by atomic mass is 16.4. The number of nitrogens with one attached hydrogen (secondary N) is 1. The number of hydrogen-bond donors (Lipinski definition) is 1. The smallest absolute Gasteiger partial charge is 0.249 e. The Kier molecular flexibility index (Phi) is 4.92. The minimum Gasteiger partial charge on any atom is -0.421 e. The van der Waals surface area contributed by atoms with Crippen LogP contribution in [0.25, 0.3) is 22.4 Å². The number of carbonyl (C=O) groups excluding carboxylic acids is 1. The molecule has 2 aromatic carbocycles. The maximum Gasteiger partial charge on any atom is 0.249 e. The molecule has 1 amide bonds. The zero-order valence-corrected chi connectivity index (χ0v) is 17.1. The van der Waals surface area contributed by atoms with Crippen LogP contribution in [0.2, 0.25) is 0 Å². The highest BCUT2D eigenvalue weighted by Gasteiger charge is 2.17. The number of amides is 1. The number of hydrogen-bond acceptors (Lipinski definition) is 4. The zero-order chi connectivity index (χ0) is 20.5. The number of nitrogens with zero attached hydrogens (tertiary/aromatic N) is 3. The third-order valence-corrected chi connectivity index (χ3v) is 5.04. The summed E-state index contributed by atoms with van der Waals surface area (Å²) in [7, 11) is 0. The lowest BCUT2D eigenvalue weighted by molar-refractivity contribution is -0.116. The summed E-state index contributed by atoms with van der Waals surface area (Å²) in [4.78, 5) is 12.8. The number of benzene rings is 2. The first-order valence-electron chi connectivity index (χ1n) is 9.74. The van der Waals surface area contributed by atoms with Crippen molar-refractivity contribution in [2.75, 3.05) is 5.32 Å². The third-order valence-electron chi connectivity index (χ3n) is 5.04. The molecular formula is C23H24N4O2. The highest BCUT2D eigenvalue weighted by Crippen LogP contribution is 2.30. The summed E-state index contributed by atoms with van der Waals surface area (Å²) in [6.07, 6.45) is 2.59. The van der Waals surface area contributed by atoms with E-state index in [0.717, 1.165) is 33.3 Å². The van der Waals surface area contributed by atoms with Crippen LogP contribution < -0.4 is 5.32 Å². The summed E-state index contributed by atoms with van der Waals surface area (Å²) in [6.45, 7) is 8.25. The summed E-state index contributed by atoms with van der Waals surface area (Å²) in [5.41, 5.74) is 5.97. The second kappa shape index (κ2) is 7.54. The number of anilines is 1. The predicted molar refractivity (Wildman–Crippen MR) is 114 cm³/mol. The SMILES string of the molecule is CCc1nnc(-c2cn(CC(=O)Nc3c(C)cc(C)cc3C)c3ccccc23)o1. The Hall–Kier alpha value is -3.41. The van der Waals surface area contributed by atoms with Gasteiger partial charge in [-0.25, -0.2) is 0 Å². The number of carbonyl (C=O) groups is 1. The molecule has 0 spiro atoms. The van der Waals surface area contributed by atoms with Crippen LogP contribution >= 0.6 is 0 Å². The van der Waals surface area contributed by atoms with Gasteiger partial charge in [0.2, 0.25) is 17.7 Å². The van der Waals surface area contributed by atoms with Crippen LogP contribution in [-0.2, 0) is 17.8 Å². The summed E-state index contributed by atoms with van der Waals surface area (Å²) < 4.78 is 7.67. The van der Waals surface area contributed by atoms with E-state index in [1.165, 1.54) is 5.56 Å². The van der Waals surface area contributed by atoms with Gasteiger partial charge < -0.3 is 14.3 Å². The molecule has 6 heteroatoms. The van der Waals surface area contributed by atoms with Crippen LogP contribution in [0.15, 0.2) is 47.0 Å². The third kappa shape index (κ3) is 3.66. The maximum absolute atomic E-state index is 12.8. The van der Waals surface area contributed by atoms with Gasteiger partial charge in [0, 0.05) is 29.2 Å². The van der Waals surface area contributed by atoms with Gasteiger partial charge in [-0.15, -0.1) is 10.2 Å². The predicted octanol–water partition coefficient (Wildman–Crippen LogP) is 4.82. The highest BCUT2D eigenvalue weighted by molar-refractivity contribution is 5.97. The van der Waals surface area contributed by atoms with Crippen molar-refractivity contribution in [1.82, 2.24) is 14.8 Å². The molecule has 0 fully saturated rings. The number of aromatic nitrogens is 3. The van der Waals surface area contributed by atoms with Crippen LogP contribution in [0.1, 0.15) is 29.5 Å². The van der Waals surface area contributed by atoms with E-state index in [9.17, 15) is 4.79 Å². The lowest BCUT2D eigenvalue weighted by atomic mass is 10.1. The van der Waals surface area contributed by atoms with Crippen molar-refractivity contribution in [2.45, 2.75) is 40.7 Å². The lowest BCUT2D eigenvalue weighted by Gasteiger charge is -2.13. The first-order chi connectivity index (χ1) is 14.0. The Bertz CT molecular complexity index is 1180. The average molecular weight is 388 g/mol. The minimum atomic E-state index is -0.0767. The van der Waals surface area contributed by atoms with Gasteiger partial charge in [-0.1, -0.05) is 42.8 Å². The van der Waals surface area contributed by atoms with Gasteiger partial charge in [0.1, 0.15) is 6.54 Å². The van der Waals surface area contributed by atoms with E-state index in [1.807, 2.05) is 55.8 Å². The lowest BCUT2D eigenvalue weighted by Crippen LogP contribution is -2.19. The van der Waals surface area contributed by atoms with Crippen molar-refractivity contribution in [2.24, 2.45) is 0 Å². The fourth-order valence-corrected chi connectivity index (χ4v) is 3.76. The van der Waals surface area contributed by atoms with E-state index in [2.05, 4.69) is 34.6 Å². The molecule has 0 unspecified atom stereocenters. The van der Waals surface area contributed by atoms with E-state index in [4.69, 9.17) is 4.42 Å². The van der Waals surface area contributed by atoms with Crippen molar-refractivity contribution >= 4 is 22.5 Å². The molecule has 0 saturated carbocycles. The summed E-state index contributed by atoms with van der Waals surface area (Å²) in [6, 6.07) is 12.1. The van der Waals surface area contributed by atoms with E-state index >= 15 is 0 Å². The van der Waals surface area contributed by atoms with Crippen molar-refractivity contribution in [3.05, 3.63) is 65.2 Å². The summed E-state index contributed by atoms with van der Waals surface area (Å²) in [5, 5.41) is 12.3. The van der Waals surface area contributed by atoms with Crippen LogP contribution in [-0.4, -0.2) is 20.7 Å². The quantitative estimate of drug-likeness (QED) is 0.532. The van der Waals surface area contributed by atoms with E-state index in [0.29, 0.717) is 18.2 Å². The standard InChI is InChI=1S/C23H24N4O2/c1-5-21-25-26-23(29-21)18-12-27(19-9-7-6-8-17(18)19)13-20(28)24-22-15(3)10-14(2)11-16(22)4/h6-12H,5,13H2,1-4H3,(H,24,28). The van der Waals surface area contributed by atoms with Crippen LogP contribution in [0, 0.1) is 20.8 Å². The van der Waals surface area contributed by atoms with Gasteiger partial charge in [0.15, 0.2) is 0 Å². The molecule has 1 N–H and O–H groups in total. The molecule has 0 aliphatic rings. The van der Waals surface area contributed by atoms with Gasteiger partial charge in [-0.05, 0) is 38.0 Å². The topological polar surface area (TPSA) is 73.0 Å². The van der Waals surface area contributed by atoms with Gasteiger partial charge in [-0.2, -0.15) is 0 Å². The van der Waals surface area contributed by atoms with Crippen molar-refractivity contribution in [3.63, 3.8) is 0 Å². The minimum absolute atomic E-state index is 0.0767. The fourth-order valence-electron chi connectivity index (χ4n) is 3.76. The summed E-state index contributed by atoms with van der Waals surface area (Å²) >= 11 is 0. The Morgan fingerprint density at radius 1 is 1.10 bits per heavy atom. The molecule has 0 aliphatic heterocycles. The molecule has 0 bridgehead atoms. The van der Waals surface area contributed by atoms with Crippen LogP contribution in [0.3, 0.4) is 0 Å². The zero-order valence-electron chi connectivity index (χ0n) is 17.1. The molecule has 0 saturated heterocycles. The summed E-state index contributed by atoms with van der Waals surface area (Å²) in [5.74, 6) is 0.995.